The summed E-state index contributed by atoms with van der Waals surface area (Å²) in [6.07, 6.45) is 2.18. The Labute approximate surface area is 151 Å². The van der Waals surface area contributed by atoms with Crippen molar-refractivity contribution in [3.63, 3.8) is 0 Å². The lowest BCUT2D eigenvalue weighted by Crippen LogP contribution is -2.41. The fraction of sp³-hybridized carbons (Fsp3) is 0.471. The Morgan fingerprint density at radius 1 is 1.33 bits per heavy atom. The topological polar surface area (TPSA) is 66.5 Å². The van der Waals surface area contributed by atoms with Gasteiger partial charge in [0.1, 0.15) is 5.92 Å². The Hall–Kier alpha value is -1.59. The number of carbonyl (C=O) groups excluding carboxylic acids is 3. The molecule has 1 fully saturated rings. The van der Waals surface area contributed by atoms with Gasteiger partial charge in [-0.1, -0.05) is 36.2 Å². The van der Waals surface area contributed by atoms with Gasteiger partial charge >= 0.3 is 0 Å². The largest absolute Gasteiger partial charge is 0.353 e. The molecule has 2 atom stereocenters. The van der Waals surface area contributed by atoms with E-state index in [2.05, 4.69) is 5.32 Å². The number of aryl methyl sites for hydroxylation is 1. The maximum atomic E-state index is 12.3. The minimum absolute atomic E-state index is 0.0687. The summed E-state index contributed by atoms with van der Waals surface area (Å²) < 4.78 is 0. The van der Waals surface area contributed by atoms with Crippen LogP contribution in [0.25, 0.3) is 0 Å². The van der Waals surface area contributed by atoms with Crippen molar-refractivity contribution in [2.45, 2.75) is 32.2 Å². The molecule has 1 aliphatic heterocycles. The van der Waals surface area contributed by atoms with Crippen molar-refractivity contribution in [2.75, 3.05) is 13.6 Å². The standard InChI is InChI=1S/C17H20Cl2N2O3/c1-3-11(6-4-10-5-7-13(18)14(19)8-10)20-16(23)12-9-21(2)17(24)15(12)22/h5,7-8,11-12H,3-4,6,9H2,1-2H3,(H,20,23). The molecule has 0 spiro atoms. The molecule has 1 heterocycles. The predicted molar refractivity (Wildman–Crippen MR) is 93.1 cm³/mol. The number of amides is 2. The first-order valence-electron chi connectivity index (χ1n) is 7.87. The van der Waals surface area contributed by atoms with Crippen LogP contribution in [0.3, 0.4) is 0 Å². The fourth-order valence-electron chi connectivity index (χ4n) is 2.69. The average Bonchev–Trinajstić information content (AvgIpc) is 2.82. The molecule has 0 aromatic heterocycles. The second-order valence-electron chi connectivity index (χ2n) is 6.00. The molecule has 7 heteroatoms. The summed E-state index contributed by atoms with van der Waals surface area (Å²) >= 11 is 11.9. The average molecular weight is 371 g/mol. The SMILES string of the molecule is CCC(CCc1ccc(Cl)c(Cl)c1)NC(=O)C1CN(C)C(=O)C1=O. The highest BCUT2D eigenvalue weighted by molar-refractivity contribution is 6.42. The van der Waals surface area contributed by atoms with Crippen molar-refractivity contribution in [1.82, 2.24) is 10.2 Å². The Bertz CT molecular complexity index is 663. The lowest BCUT2D eigenvalue weighted by molar-refractivity contribution is -0.142. The number of nitrogens with zero attached hydrogens (tertiary/aromatic N) is 1. The number of rotatable bonds is 6. The van der Waals surface area contributed by atoms with Crippen molar-refractivity contribution in [3.05, 3.63) is 33.8 Å². The van der Waals surface area contributed by atoms with E-state index in [-0.39, 0.29) is 18.5 Å². The van der Waals surface area contributed by atoms with Gasteiger partial charge < -0.3 is 10.2 Å². The maximum absolute atomic E-state index is 12.3. The minimum Gasteiger partial charge on any atom is -0.353 e. The first-order chi connectivity index (χ1) is 11.3. The molecule has 1 aromatic carbocycles. The van der Waals surface area contributed by atoms with Crippen LogP contribution in [0.2, 0.25) is 10.0 Å². The van der Waals surface area contributed by atoms with Crippen LogP contribution in [-0.4, -0.2) is 42.1 Å². The van der Waals surface area contributed by atoms with Gasteiger partial charge in [-0.15, -0.1) is 0 Å². The second-order valence-corrected chi connectivity index (χ2v) is 6.82. The lowest BCUT2D eigenvalue weighted by atomic mass is 10.0. The number of nitrogens with one attached hydrogen (secondary N) is 1. The Morgan fingerprint density at radius 2 is 2.04 bits per heavy atom. The van der Waals surface area contributed by atoms with Crippen LogP contribution in [0.5, 0.6) is 0 Å². The highest BCUT2D eigenvalue weighted by atomic mass is 35.5. The van der Waals surface area contributed by atoms with Crippen molar-refractivity contribution in [2.24, 2.45) is 5.92 Å². The molecule has 130 valence electrons. The van der Waals surface area contributed by atoms with Crippen LogP contribution in [0.1, 0.15) is 25.3 Å². The van der Waals surface area contributed by atoms with Crippen LogP contribution < -0.4 is 5.32 Å². The van der Waals surface area contributed by atoms with Gasteiger partial charge in [0.2, 0.25) is 11.7 Å². The smallest absolute Gasteiger partial charge is 0.290 e. The highest BCUT2D eigenvalue weighted by Gasteiger charge is 2.41. The van der Waals surface area contributed by atoms with E-state index < -0.39 is 17.6 Å². The molecule has 0 saturated carbocycles. The first-order valence-corrected chi connectivity index (χ1v) is 8.62. The monoisotopic (exact) mass is 370 g/mol. The zero-order chi connectivity index (χ0) is 17.9. The minimum atomic E-state index is -0.901. The lowest BCUT2D eigenvalue weighted by Gasteiger charge is -2.19. The molecule has 2 rings (SSSR count). The number of likely N-dealkylation sites (N-methyl/N-ethyl adjacent to an activating group) is 1. The third-order valence-corrected chi connectivity index (χ3v) is 4.99. The molecule has 1 saturated heterocycles. The molecule has 0 radical (unpaired) electrons. The maximum Gasteiger partial charge on any atom is 0.290 e. The Balaban J connectivity index is 1.92. The van der Waals surface area contributed by atoms with Crippen LogP contribution in [0.15, 0.2) is 18.2 Å². The van der Waals surface area contributed by atoms with E-state index in [0.717, 1.165) is 18.4 Å². The zero-order valence-corrected chi connectivity index (χ0v) is 15.2. The molecule has 1 aliphatic rings. The molecule has 0 bridgehead atoms. The third kappa shape index (κ3) is 4.28. The van der Waals surface area contributed by atoms with Gasteiger partial charge in [0.15, 0.2) is 0 Å². The fourth-order valence-corrected chi connectivity index (χ4v) is 3.02. The van der Waals surface area contributed by atoms with Crippen LogP contribution in [0.4, 0.5) is 0 Å². The summed E-state index contributed by atoms with van der Waals surface area (Å²) in [5, 5.41) is 3.89. The number of hydrogen-bond acceptors (Lipinski definition) is 3. The summed E-state index contributed by atoms with van der Waals surface area (Å²) in [6.45, 7) is 2.11. The molecule has 0 aliphatic carbocycles. The van der Waals surface area contributed by atoms with E-state index in [4.69, 9.17) is 23.2 Å². The number of halogens is 2. The number of Topliss-reactive ketones (excluding diaryl/α,β-unsaturated/α-hetero) is 1. The summed E-state index contributed by atoms with van der Waals surface area (Å²) in [4.78, 5) is 36.9. The summed E-state index contributed by atoms with van der Waals surface area (Å²) in [5.41, 5.74) is 1.03. The van der Waals surface area contributed by atoms with Crippen LogP contribution >= 0.6 is 23.2 Å². The highest BCUT2D eigenvalue weighted by Crippen LogP contribution is 2.23. The van der Waals surface area contributed by atoms with Gasteiger partial charge in [-0.3, -0.25) is 14.4 Å². The van der Waals surface area contributed by atoms with Crippen molar-refractivity contribution < 1.29 is 14.4 Å². The molecule has 5 nitrogen and oxygen atoms in total. The summed E-state index contributed by atoms with van der Waals surface area (Å²) in [7, 11) is 1.52. The third-order valence-electron chi connectivity index (χ3n) is 4.25. The van der Waals surface area contributed by atoms with Gasteiger partial charge in [0.05, 0.1) is 10.0 Å². The van der Waals surface area contributed by atoms with Crippen molar-refractivity contribution >= 4 is 40.8 Å². The number of carbonyl (C=O) groups is 3. The van der Waals surface area contributed by atoms with E-state index in [0.29, 0.717) is 16.5 Å². The molecule has 2 unspecified atom stereocenters. The molecule has 1 aromatic rings. The number of hydrogen-bond donors (Lipinski definition) is 1. The quantitative estimate of drug-likeness (QED) is 0.617. The van der Waals surface area contributed by atoms with Gasteiger partial charge in [-0.25, -0.2) is 0 Å². The number of ketones is 1. The van der Waals surface area contributed by atoms with Gasteiger partial charge in [0.25, 0.3) is 5.91 Å². The Morgan fingerprint density at radius 3 is 2.58 bits per heavy atom. The normalized spacial score (nSPS) is 18.8. The van der Waals surface area contributed by atoms with Gasteiger partial charge in [-0.05, 0) is 37.0 Å². The zero-order valence-electron chi connectivity index (χ0n) is 13.6. The molecule has 1 N–H and O–H groups in total. The first kappa shape index (κ1) is 18.7. The molecule has 2 amide bonds. The summed E-state index contributed by atoms with van der Waals surface area (Å²) in [5.74, 6) is -2.51. The second kappa shape index (κ2) is 7.99. The molecule has 24 heavy (non-hydrogen) atoms. The van der Waals surface area contributed by atoms with E-state index >= 15 is 0 Å². The van der Waals surface area contributed by atoms with E-state index in [9.17, 15) is 14.4 Å². The predicted octanol–water partition coefficient (Wildman–Crippen LogP) is 2.48. The summed E-state index contributed by atoms with van der Waals surface area (Å²) in [6, 6.07) is 5.39. The number of benzene rings is 1. The van der Waals surface area contributed by atoms with Crippen molar-refractivity contribution in [3.8, 4) is 0 Å². The number of likely N-dealkylation sites (tertiary alicyclic amines) is 1. The van der Waals surface area contributed by atoms with E-state index in [1.807, 2.05) is 19.1 Å². The van der Waals surface area contributed by atoms with E-state index in [1.165, 1.54) is 11.9 Å². The van der Waals surface area contributed by atoms with Crippen LogP contribution in [-0.2, 0) is 20.8 Å². The van der Waals surface area contributed by atoms with Gasteiger partial charge in [0, 0.05) is 19.6 Å². The molecular formula is C17H20Cl2N2O3. The van der Waals surface area contributed by atoms with Gasteiger partial charge in [-0.2, -0.15) is 0 Å². The van der Waals surface area contributed by atoms with Crippen molar-refractivity contribution in [1.29, 1.82) is 0 Å². The van der Waals surface area contributed by atoms with Crippen LogP contribution in [0, 0.1) is 5.92 Å². The van der Waals surface area contributed by atoms with E-state index in [1.54, 1.807) is 6.07 Å². The Kier molecular flexibility index (Phi) is 6.24. The molecular weight excluding hydrogens is 351 g/mol.